The predicted molar refractivity (Wildman–Crippen MR) is 96.2 cm³/mol. The smallest absolute Gasteiger partial charge is 0.152 e. The van der Waals surface area contributed by atoms with Crippen molar-refractivity contribution in [1.82, 2.24) is 14.8 Å². The Morgan fingerprint density at radius 2 is 1.83 bits per heavy atom. The molecule has 1 aromatic rings. The summed E-state index contributed by atoms with van der Waals surface area (Å²) in [4.78, 5) is 0. The topological polar surface area (TPSA) is 67.6 Å². The minimum Gasteiger partial charge on any atom is -0.292 e. The molecule has 24 heavy (non-hydrogen) atoms. The van der Waals surface area contributed by atoms with E-state index in [4.69, 9.17) is 5.10 Å². The van der Waals surface area contributed by atoms with Gasteiger partial charge in [-0.15, -0.1) is 0 Å². The van der Waals surface area contributed by atoms with Crippen LogP contribution in [0.3, 0.4) is 0 Å². The van der Waals surface area contributed by atoms with Crippen molar-refractivity contribution in [3.8, 4) is 0 Å². The van der Waals surface area contributed by atoms with Crippen LogP contribution in [0, 0.1) is 13.8 Å². The number of piperidine rings is 1. The quantitative estimate of drug-likeness (QED) is 0.784. The van der Waals surface area contributed by atoms with Gasteiger partial charge in [0.05, 0.1) is 29.5 Å². The monoisotopic (exact) mass is 352 g/mol. The Balaban J connectivity index is 1.83. The Hall–Kier alpha value is -1.37. The SMILES string of the molecule is Cc1nn([C@@H]2CCS(=O)(=O)C2)c(C)c1/C=N\N1[C@@H](C)CCC[C@@H]1C. The molecule has 1 aromatic heterocycles. The van der Waals surface area contributed by atoms with E-state index in [1.54, 1.807) is 0 Å². The van der Waals surface area contributed by atoms with Crippen molar-refractivity contribution < 1.29 is 8.42 Å². The van der Waals surface area contributed by atoms with E-state index in [2.05, 4.69) is 24.0 Å². The van der Waals surface area contributed by atoms with Crippen LogP contribution in [0.25, 0.3) is 0 Å². The van der Waals surface area contributed by atoms with Crippen molar-refractivity contribution >= 4 is 16.1 Å². The molecule has 2 aliphatic heterocycles. The lowest BCUT2D eigenvalue weighted by molar-refractivity contribution is 0.109. The molecule has 0 radical (unpaired) electrons. The van der Waals surface area contributed by atoms with Gasteiger partial charge in [-0.2, -0.15) is 10.2 Å². The second-order valence-electron chi connectivity index (χ2n) is 7.34. The van der Waals surface area contributed by atoms with E-state index in [9.17, 15) is 8.42 Å². The average molecular weight is 353 g/mol. The van der Waals surface area contributed by atoms with Crippen LogP contribution in [-0.2, 0) is 9.84 Å². The van der Waals surface area contributed by atoms with E-state index in [0.717, 1.165) is 17.0 Å². The molecule has 2 saturated heterocycles. The molecule has 0 aromatic carbocycles. The maximum Gasteiger partial charge on any atom is 0.152 e. The summed E-state index contributed by atoms with van der Waals surface area (Å²) >= 11 is 0. The molecule has 0 unspecified atom stereocenters. The third-order valence-corrected chi connectivity index (χ3v) is 7.15. The van der Waals surface area contributed by atoms with Crippen molar-refractivity contribution in [3.63, 3.8) is 0 Å². The summed E-state index contributed by atoms with van der Waals surface area (Å²) in [6, 6.07) is 0.880. The van der Waals surface area contributed by atoms with Crippen molar-refractivity contribution in [2.24, 2.45) is 5.10 Å². The number of aryl methyl sites for hydroxylation is 1. The van der Waals surface area contributed by atoms with Crippen molar-refractivity contribution in [1.29, 1.82) is 0 Å². The van der Waals surface area contributed by atoms with Crippen molar-refractivity contribution in [3.05, 3.63) is 17.0 Å². The third-order valence-electron chi connectivity index (χ3n) is 5.40. The van der Waals surface area contributed by atoms with E-state index in [1.807, 2.05) is 24.7 Å². The molecular weight excluding hydrogens is 324 g/mol. The maximum absolute atomic E-state index is 11.7. The van der Waals surface area contributed by atoms with Crippen LogP contribution < -0.4 is 0 Å². The van der Waals surface area contributed by atoms with Gasteiger partial charge in [0.25, 0.3) is 0 Å². The van der Waals surface area contributed by atoms with Crippen molar-refractivity contribution in [2.75, 3.05) is 11.5 Å². The molecule has 0 spiro atoms. The van der Waals surface area contributed by atoms with Gasteiger partial charge in [-0.25, -0.2) is 8.42 Å². The minimum absolute atomic E-state index is 0.0383. The van der Waals surface area contributed by atoms with Gasteiger partial charge in [0.2, 0.25) is 0 Å². The van der Waals surface area contributed by atoms with Crippen LogP contribution in [0.5, 0.6) is 0 Å². The highest BCUT2D eigenvalue weighted by Crippen LogP contribution is 2.27. The van der Waals surface area contributed by atoms with Crippen LogP contribution in [0.4, 0.5) is 0 Å². The first-order valence-corrected chi connectivity index (χ1v) is 10.7. The summed E-state index contributed by atoms with van der Waals surface area (Å²) in [6.07, 6.45) is 6.19. The van der Waals surface area contributed by atoms with Gasteiger partial charge in [0, 0.05) is 23.3 Å². The largest absolute Gasteiger partial charge is 0.292 e. The predicted octanol–water partition coefficient (Wildman–Crippen LogP) is 2.46. The normalized spacial score (nSPS) is 30.3. The van der Waals surface area contributed by atoms with Crippen LogP contribution >= 0.6 is 0 Å². The van der Waals surface area contributed by atoms with E-state index in [0.29, 0.717) is 18.5 Å². The summed E-state index contributed by atoms with van der Waals surface area (Å²) in [7, 11) is -2.91. The summed E-state index contributed by atoms with van der Waals surface area (Å²) < 4.78 is 25.4. The number of rotatable bonds is 3. The van der Waals surface area contributed by atoms with E-state index in [-0.39, 0.29) is 17.5 Å². The van der Waals surface area contributed by atoms with Gasteiger partial charge in [0.1, 0.15) is 0 Å². The summed E-state index contributed by atoms with van der Waals surface area (Å²) in [5.41, 5.74) is 2.94. The molecule has 2 aliphatic rings. The first kappa shape index (κ1) is 17.5. The number of aromatic nitrogens is 2. The number of nitrogens with zero attached hydrogens (tertiary/aromatic N) is 4. The van der Waals surface area contributed by atoms with Crippen LogP contribution in [0.15, 0.2) is 5.10 Å². The zero-order valence-electron chi connectivity index (χ0n) is 15.1. The lowest BCUT2D eigenvalue weighted by Gasteiger charge is -2.36. The van der Waals surface area contributed by atoms with E-state index >= 15 is 0 Å². The Labute approximate surface area is 144 Å². The van der Waals surface area contributed by atoms with Crippen LogP contribution in [0.2, 0.25) is 0 Å². The van der Waals surface area contributed by atoms with Crippen LogP contribution in [0.1, 0.15) is 62.5 Å². The third kappa shape index (κ3) is 3.36. The highest BCUT2D eigenvalue weighted by Gasteiger charge is 2.31. The fourth-order valence-electron chi connectivity index (χ4n) is 3.95. The summed E-state index contributed by atoms with van der Waals surface area (Å²) in [5.74, 6) is 0.466. The lowest BCUT2D eigenvalue weighted by Crippen LogP contribution is -2.39. The molecule has 0 bridgehead atoms. The molecular formula is C17H28N4O2S. The highest BCUT2D eigenvalue weighted by molar-refractivity contribution is 7.91. The minimum atomic E-state index is -2.91. The molecule has 3 heterocycles. The number of hydrazone groups is 1. The van der Waals surface area contributed by atoms with Gasteiger partial charge < -0.3 is 0 Å². The van der Waals surface area contributed by atoms with Gasteiger partial charge >= 0.3 is 0 Å². The molecule has 0 amide bonds. The molecule has 7 heteroatoms. The highest BCUT2D eigenvalue weighted by atomic mass is 32.2. The van der Waals surface area contributed by atoms with Gasteiger partial charge in [0.15, 0.2) is 9.84 Å². The van der Waals surface area contributed by atoms with Crippen molar-refractivity contribution in [2.45, 2.75) is 71.5 Å². The van der Waals surface area contributed by atoms with Gasteiger partial charge in [-0.1, -0.05) is 0 Å². The molecule has 2 fully saturated rings. The number of hydrogen-bond acceptors (Lipinski definition) is 5. The molecule has 0 aliphatic carbocycles. The number of sulfone groups is 1. The Bertz CT molecular complexity index is 728. The maximum atomic E-state index is 11.7. The van der Waals surface area contributed by atoms with Gasteiger partial charge in [-0.05, 0) is 53.4 Å². The molecule has 0 saturated carbocycles. The van der Waals surface area contributed by atoms with E-state index in [1.165, 1.54) is 19.3 Å². The average Bonchev–Trinajstić information content (AvgIpc) is 2.99. The summed E-state index contributed by atoms with van der Waals surface area (Å²) in [5, 5.41) is 11.5. The fraction of sp³-hybridized carbons (Fsp3) is 0.765. The standard InChI is InChI=1S/C17H28N4O2S/c1-12-6-5-7-13(2)20(12)18-10-17-14(3)19-21(15(17)4)16-8-9-24(22,23)11-16/h10,12-13,16H,5-9,11H2,1-4H3/b18-10-/t12-,13-,16+/m0/s1. The van der Waals surface area contributed by atoms with E-state index < -0.39 is 9.84 Å². The Morgan fingerprint density at radius 1 is 1.17 bits per heavy atom. The lowest BCUT2D eigenvalue weighted by atomic mass is 10.00. The number of hydrogen-bond donors (Lipinski definition) is 0. The zero-order chi connectivity index (χ0) is 17.5. The molecule has 6 nitrogen and oxygen atoms in total. The summed E-state index contributed by atoms with van der Waals surface area (Å²) in [6.45, 7) is 8.42. The second kappa shape index (κ2) is 6.50. The fourth-order valence-corrected chi connectivity index (χ4v) is 5.64. The second-order valence-corrected chi connectivity index (χ2v) is 9.57. The van der Waals surface area contributed by atoms with Crippen LogP contribution in [-0.4, -0.2) is 53.0 Å². The zero-order valence-corrected chi connectivity index (χ0v) is 15.9. The first-order valence-electron chi connectivity index (χ1n) is 8.87. The molecule has 0 N–H and O–H groups in total. The first-order chi connectivity index (χ1) is 11.3. The molecule has 3 atom stereocenters. The Morgan fingerprint density at radius 3 is 2.42 bits per heavy atom. The molecule has 3 rings (SSSR count). The molecule has 134 valence electrons. The van der Waals surface area contributed by atoms with Gasteiger partial charge in [-0.3, -0.25) is 9.69 Å². The Kier molecular flexibility index (Phi) is 4.73.